The summed E-state index contributed by atoms with van der Waals surface area (Å²) in [5.74, 6) is 1.70. The molecule has 1 N–H and O–H groups in total. The number of anilines is 2. The minimum absolute atomic E-state index is 0.149. The lowest BCUT2D eigenvalue weighted by atomic mass is 10.4. The van der Waals surface area contributed by atoms with E-state index in [1.165, 1.54) is 11.3 Å². The predicted molar refractivity (Wildman–Crippen MR) is 93.6 cm³/mol. The van der Waals surface area contributed by atoms with Gasteiger partial charge in [0.15, 0.2) is 5.82 Å². The lowest BCUT2D eigenvalue weighted by Gasteiger charge is -2.18. The van der Waals surface area contributed by atoms with Gasteiger partial charge in [0.05, 0.1) is 17.7 Å². The Bertz CT molecular complexity index is 724. The first kappa shape index (κ1) is 16.6. The molecule has 1 saturated heterocycles. The monoisotopic (exact) mass is 347 g/mol. The van der Waals surface area contributed by atoms with E-state index < -0.39 is 0 Å². The summed E-state index contributed by atoms with van der Waals surface area (Å²) >= 11 is 1.33. The Morgan fingerprint density at radius 1 is 1.29 bits per heavy atom. The molecule has 1 aliphatic rings. The maximum absolute atomic E-state index is 12.2. The second-order valence-electron chi connectivity index (χ2n) is 5.89. The van der Waals surface area contributed by atoms with Crippen molar-refractivity contribution in [1.82, 2.24) is 25.3 Å². The fourth-order valence-electron chi connectivity index (χ4n) is 2.49. The Kier molecular flexibility index (Phi) is 4.89. The number of aryl methyl sites for hydroxylation is 1. The average molecular weight is 347 g/mol. The lowest BCUT2D eigenvalue weighted by Crippen LogP contribution is -2.27. The highest BCUT2D eigenvalue weighted by molar-refractivity contribution is 7.11. The summed E-state index contributed by atoms with van der Waals surface area (Å²) in [7, 11) is 3.79. The summed E-state index contributed by atoms with van der Waals surface area (Å²) in [6, 6.07) is 0. The number of thiazole rings is 1. The van der Waals surface area contributed by atoms with Crippen LogP contribution in [0.25, 0.3) is 0 Å². The summed E-state index contributed by atoms with van der Waals surface area (Å²) in [6.07, 6.45) is 2.30. The Labute approximate surface area is 145 Å². The first-order chi connectivity index (χ1) is 11.5. The van der Waals surface area contributed by atoms with E-state index in [-0.39, 0.29) is 12.5 Å². The maximum atomic E-state index is 12.2. The Morgan fingerprint density at radius 3 is 2.67 bits per heavy atom. The smallest absolute Gasteiger partial charge is 0.263 e. The molecule has 0 saturated carbocycles. The molecule has 3 heterocycles. The van der Waals surface area contributed by atoms with Gasteiger partial charge in [-0.15, -0.1) is 11.3 Å². The van der Waals surface area contributed by atoms with Gasteiger partial charge in [-0.1, -0.05) is 0 Å². The van der Waals surface area contributed by atoms with E-state index in [0.29, 0.717) is 22.6 Å². The molecule has 0 aliphatic carbocycles. The lowest BCUT2D eigenvalue weighted by molar-refractivity contribution is 0.0953. The van der Waals surface area contributed by atoms with Crippen molar-refractivity contribution in [2.24, 2.45) is 0 Å². The van der Waals surface area contributed by atoms with Crippen molar-refractivity contribution in [3.05, 3.63) is 21.9 Å². The van der Waals surface area contributed by atoms with Crippen LogP contribution in [0.1, 0.15) is 34.0 Å². The summed E-state index contributed by atoms with van der Waals surface area (Å²) in [5.41, 5.74) is 2.41. The van der Waals surface area contributed by atoms with Crippen molar-refractivity contribution in [1.29, 1.82) is 0 Å². The zero-order valence-electron chi connectivity index (χ0n) is 14.1. The maximum Gasteiger partial charge on any atom is 0.263 e. The number of hydrogen-bond donors (Lipinski definition) is 1. The molecule has 1 amide bonds. The number of aromatic nitrogens is 4. The summed E-state index contributed by atoms with van der Waals surface area (Å²) in [4.78, 5) is 34.4. The quantitative estimate of drug-likeness (QED) is 0.870. The molecule has 24 heavy (non-hydrogen) atoms. The van der Waals surface area contributed by atoms with Crippen molar-refractivity contribution in [2.75, 3.05) is 37.0 Å². The number of hydrogen-bond acceptors (Lipinski definition) is 8. The molecule has 2 aromatic heterocycles. The third-order valence-electron chi connectivity index (χ3n) is 3.81. The van der Waals surface area contributed by atoms with E-state index in [1.54, 1.807) is 5.51 Å². The highest BCUT2D eigenvalue weighted by Gasteiger charge is 2.19. The van der Waals surface area contributed by atoms with Gasteiger partial charge in [0.25, 0.3) is 5.91 Å². The van der Waals surface area contributed by atoms with Gasteiger partial charge in [-0.05, 0) is 19.8 Å². The topological polar surface area (TPSA) is 87.1 Å². The summed E-state index contributed by atoms with van der Waals surface area (Å²) in [6.45, 7) is 4.01. The van der Waals surface area contributed by atoms with Gasteiger partial charge in [-0.2, -0.15) is 15.0 Å². The number of rotatable bonds is 5. The molecule has 0 atom stereocenters. The van der Waals surface area contributed by atoms with Crippen LogP contribution >= 0.6 is 11.3 Å². The van der Waals surface area contributed by atoms with Gasteiger partial charge in [0.1, 0.15) is 4.88 Å². The van der Waals surface area contributed by atoms with Crippen LogP contribution in [0.5, 0.6) is 0 Å². The van der Waals surface area contributed by atoms with Gasteiger partial charge in [-0.25, -0.2) is 4.98 Å². The number of amides is 1. The van der Waals surface area contributed by atoms with E-state index in [2.05, 4.69) is 30.2 Å². The van der Waals surface area contributed by atoms with Crippen molar-refractivity contribution < 1.29 is 4.79 Å². The molecule has 3 rings (SSSR count). The normalized spacial score (nSPS) is 14.0. The van der Waals surface area contributed by atoms with E-state index in [9.17, 15) is 4.79 Å². The zero-order chi connectivity index (χ0) is 17.1. The number of nitrogens with zero attached hydrogens (tertiary/aromatic N) is 6. The van der Waals surface area contributed by atoms with Crippen LogP contribution in [-0.2, 0) is 6.54 Å². The number of carbonyl (C=O) groups is 1. The molecule has 0 unspecified atom stereocenters. The highest BCUT2D eigenvalue weighted by Crippen LogP contribution is 2.18. The van der Waals surface area contributed by atoms with Crippen molar-refractivity contribution in [3.63, 3.8) is 0 Å². The number of nitrogens with one attached hydrogen (secondary N) is 1. The van der Waals surface area contributed by atoms with Crippen molar-refractivity contribution in [2.45, 2.75) is 26.3 Å². The van der Waals surface area contributed by atoms with Gasteiger partial charge in [0.2, 0.25) is 11.9 Å². The molecular weight excluding hydrogens is 326 g/mol. The fourth-order valence-corrected chi connectivity index (χ4v) is 3.21. The van der Waals surface area contributed by atoms with Crippen LogP contribution in [-0.4, -0.2) is 53.0 Å². The van der Waals surface area contributed by atoms with Crippen LogP contribution in [0.15, 0.2) is 5.51 Å². The van der Waals surface area contributed by atoms with E-state index in [0.717, 1.165) is 31.6 Å². The van der Waals surface area contributed by atoms with Gasteiger partial charge in [0, 0.05) is 27.2 Å². The van der Waals surface area contributed by atoms with Crippen LogP contribution in [0, 0.1) is 6.92 Å². The Hall–Kier alpha value is -2.29. The summed E-state index contributed by atoms with van der Waals surface area (Å²) in [5, 5.41) is 2.87. The molecule has 1 fully saturated rings. The second-order valence-corrected chi connectivity index (χ2v) is 6.74. The molecule has 128 valence electrons. The first-order valence-electron chi connectivity index (χ1n) is 7.90. The predicted octanol–water partition coefficient (Wildman–Crippen LogP) is 1.23. The Balaban J connectivity index is 1.76. The van der Waals surface area contributed by atoms with Crippen LogP contribution in [0.3, 0.4) is 0 Å². The van der Waals surface area contributed by atoms with Gasteiger partial charge in [-0.3, -0.25) is 4.79 Å². The van der Waals surface area contributed by atoms with Gasteiger partial charge < -0.3 is 15.1 Å². The van der Waals surface area contributed by atoms with E-state index in [4.69, 9.17) is 0 Å². The molecular formula is C15H21N7OS. The minimum Gasteiger partial charge on any atom is -0.347 e. The summed E-state index contributed by atoms with van der Waals surface area (Å²) < 4.78 is 0. The first-order valence-corrected chi connectivity index (χ1v) is 8.78. The van der Waals surface area contributed by atoms with Crippen LogP contribution in [0.4, 0.5) is 11.9 Å². The number of carbonyl (C=O) groups excluding carboxylic acids is 1. The molecule has 0 aromatic carbocycles. The Morgan fingerprint density at radius 2 is 2.04 bits per heavy atom. The van der Waals surface area contributed by atoms with Crippen LogP contribution < -0.4 is 15.1 Å². The van der Waals surface area contributed by atoms with Crippen molar-refractivity contribution >= 4 is 29.1 Å². The van der Waals surface area contributed by atoms with Gasteiger partial charge >= 0.3 is 0 Å². The SMILES string of the molecule is Cc1ncsc1C(=O)NCc1nc(N(C)C)nc(N2CCCC2)n1. The second kappa shape index (κ2) is 7.08. The molecule has 8 nitrogen and oxygen atoms in total. The van der Waals surface area contributed by atoms with E-state index >= 15 is 0 Å². The molecule has 0 radical (unpaired) electrons. The minimum atomic E-state index is -0.149. The molecule has 0 bridgehead atoms. The molecule has 2 aromatic rings. The molecule has 9 heteroatoms. The molecule has 0 spiro atoms. The fraction of sp³-hybridized carbons (Fsp3) is 0.533. The van der Waals surface area contributed by atoms with Crippen LogP contribution in [0.2, 0.25) is 0 Å². The highest BCUT2D eigenvalue weighted by atomic mass is 32.1. The van der Waals surface area contributed by atoms with Crippen molar-refractivity contribution in [3.8, 4) is 0 Å². The largest absolute Gasteiger partial charge is 0.347 e. The molecule has 1 aliphatic heterocycles. The third kappa shape index (κ3) is 3.61. The average Bonchev–Trinajstić information content (AvgIpc) is 3.23. The third-order valence-corrected chi connectivity index (χ3v) is 4.73. The van der Waals surface area contributed by atoms with E-state index in [1.807, 2.05) is 25.9 Å². The standard InChI is InChI=1S/C15H21N7OS/c1-10-12(24-9-17-10)13(23)16-8-11-18-14(21(2)3)20-15(19-11)22-6-4-5-7-22/h9H,4-8H2,1-3H3,(H,16,23). The zero-order valence-corrected chi connectivity index (χ0v) is 14.9.